The molecule has 0 saturated carbocycles. The van der Waals surface area contributed by atoms with Gasteiger partial charge in [-0.25, -0.2) is 14.0 Å². The Morgan fingerprint density at radius 2 is 1.91 bits per heavy atom. The topological polar surface area (TPSA) is 132 Å². The molecule has 13 heteroatoms. The number of esters is 1. The largest absolute Gasteiger partial charge is 0.491 e. The summed E-state index contributed by atoms with van der Waals surface area (Å²) in [5, 5.41) is 7.15. The summed E-state index contributed by atoms with van der Waals surface area (Å²) in [5.41, 5.74) is 0.400. The van der Waals surface area contributed by atoms with Crippen molar-refractivity contribution < 1.29 is 42.5 Å². The second kappa shape index (κ2) is 14.0. The Bertz CT molecular complexity index is 1370. The van der Waals surface area contributed by atoms with E-state index in [-0.39, 0.29) is 50.5 Å². The summed E-state index contributed by atoms with van der Waals surface area (Å²) in [4.78, 5) is 52.7. The van der Waals surface area contributed by atoms with Crippen LogP contribution in [0.5, 0.6) is 5.75 Å². The summed E-state index contributed by atoms with van der Waals surface area (Å²) in [6.07, 6.45) is 3.18. The average Bonchev–Trinajstić information content (AvgIpc) is 3.58. The van der Waals surface area contributed by atoms with Gasteiger partial charge in [0.25, 0.3) is 5.91 Å². The number of fused-ring (bicyclic) bond motifs is 6. The smallest absolute Gasteiger partial charge is 0.407 e. The SMILES string of the molecule is COC(=O)[C@@H]1COC/C=C\CC(=O)N2C[C@@H](NC(=O)OC(C)(C)C)C[C@H]2COc2cc(F)cc(c2)-c2csc(c2)C(=O)N1. The lowest BCUT2D eigenvalue weighted by molar-refractivity contribution is -0.144. The molecule has 1 aromatic carbocycles. The number of hydrogen-bond donors (Lipinski definition) is 2. The molecule has 232 valence electrons. The zero-order valence-corrected chi connectivity index (χ0v) is 25.3. The van der Waals surface area contributed by atoms with Gasteiger partial charge in [-0.2, -0.15) is 0 Å². The van der Waals surface area contributed by atoms with Gasteiger partial charge in [-0.3, -0.25) is 9.59 Å². The van der Waals surface area contributed by atoms with Crippen molar-refractivity contribution in [1.82, 2.24) is 15.5 Å². The fourth-order valence-electron chi connectivity index (χ4n) is 4.73. The van der Waals surface area contributed by atoms with Crippen molar-refractivity contribution in [2.45, 2.75) is 57.3 Å². The third-order valence-electron chi connectivity index (χ3n) is 6.67. The van der Waals surface area contributed by atoms with E-state index in [2.05, 4.69) is 10.6 Å². The molecule has 4 bridgehead atoms. The van der Waals surface area contributed by atoms with Gasteiger partial charge in [0.2, 0.25) is 5.91 Å². The fourth-order valence-corrected chi connectivity index (χ4v) is 5.55. The molecule has 2 N–H and O–H groups in total. The number of amides is 3. The van der Waals surface area contributed by atoms with E-state index in [4.69, 9.17) is 18.9 Å². The zero-order valence-electron chi connectivity index (χ0n) is 24.5. The van der Waals surface area contributed by atoms with Crippen LogP contribution in [0.2, 0.25) is 0 Å². The normalized spacial score (nSPS) is 22.4. The van der Waals surface area contributed by atoms with Gasteiger partial charge in [-0.05, 0) is 61.9 Å². The molecule has 2 aliphatic heterocycles. The molecule has 0 radical (unpaired) electrons. The number of nitrogens with one attached hydrogen (secondary N) is 2. The van der Waals surface area contributed by atoms with E-state index in [9.17, 15) is 23.6 Å². The minimum atomic E-state index is -1.06. The highest BCUT2D eigenvalue weighted by Gasteiger charge is 2.37. The molecule has 4 rings (SSSR count). The van der Waals surface area contributed by atoms with E-state index in [1.54, 1.807) is 55.3 Å². The number of carbonyl (C=O) groups excluding carboxylic acids is 4. The summed E-state index contributed by atoms with van der Waals surface area (Å²) in [6.45, 7) is 5.57. The molecule has 3 amide bonds. The molecule has 0 spiro atoms. The Labute approximate surface area is 253 Å². The maximum absolute atomic E-state index is 14.7. The lowest BCUT2D eigenvalue weighted by atomic mass is 10.1. The van der Waals surface area contributed by atoms with Crippen LogP contribution >= 0.6 is 11.3 Å². The van der Waals surface area contributed by atoms with Crippen molar-refractivity contribution in [1.29, 1.82) is 0 Å². The van der Waals surface area contributed by atoms with Crippen molar-refractivity contribution in [2.75, 3.05) is 33.5 Å². The Hall–Kier alpha value is -3.97. The molecule has 1 saturated heterocycles. The van der Waals surface area contributed by atoms with Crippen LogP contribution in [0.4, 0.5) is 9.18 Å². The Kier molecular flexibility index (Phi) is 10.4. The Morgan fingerprint density at radius 3 is 2.65 bits per heavy atom. The van der Waals surface area contributed by atoms with Crippen molar-refractivity contribution >= 4 is 35.2 Å². The van der Waals surface area contributed by atoms with Gasteiger partial charge in [-0.15, -0.1) is 11.3 Å². The summed E-state index contributed by atoms with van der Waals surface area (Å²) in [6, 6.07) is 4.00. The number of rotatable bonds is 2. The number of nitrogens with zero attached hydrogens (tertiary/aromatic N) is 1. The highest BCUT2D eigenvalue weighted by Crippen LogP contribution is 2.30. The van der Waals surface area contributed by atoms with Crippen molar-refractivity contribution in [2.24, 2.45) is 0 Å². The molecule has 0 unspecified atom stereocenters. The second-order valence-corrected chi connectivity index (χ2v) is 12.1. The zero-order chi connectivity index (χ0) is 31.1. The number of alkyl carbamates (subject to hydrolysis) is 1. The van der Waals surface area contributed by atoms with Crippen LogP contribution in [0.15, 0.2) is 41.8 Å². The number of carbonyl (C=O) groups is 4. The third-order valence-corrected chi connectivity index (χ3v) is 7.60. The van der Waals surface area contributed by atoms with Gasteiger partial charge in [0.05, 0.1) is 37.3 Å². The minimum absolute atomic E-state index is 0.0554. The maximum Gasteiger partial charge on any atom is 0.407 e. The standard InChI is InChI=1S/C30H36FN3O8S/c1-30(2,3)42-29(38)32-21-13-22-15-41-23-10-18(9-20(31)12-23)19-11-25(43-17-19)27(36)33-24(28(37)39-4)16-40-8-6-5-7-26(35)34(22)14-21/h5-6,9-12,17,21-22,24H,7-8,13-16H2,1-4H3,(H,32,38)(H,33,36)/b6-5-/t21-,22-,24-/m0/s1. The van der Waals surface area contributed by atoms with E-state index in [0.29, 0.717) is 22.4 Å². The summed E-state index contributed by atoms with van der Waals surface area (Å²) in [7, 11) is 1.21. The first-order valence-electron chi connectivity index (χ1n) is 13.8. The first-order chi connectivity index (χ1) is 20.4. The maximum atomic E-state index is 14.7. The Balaban J connectivity index is 1.58. The van der Waals surface area contributed by atoms with Gasteiger partial charge in [0.1, 0.15) is 23.8 Å². The number of thiophene rings is 1. The quantitative estimate of drug-likeness (QED) is 0.386. The van der Waals surface area contributed by atoms with Crippen molar-refractivity contribution in [3.8, 4) is 16.9 Å². The average molecular weight is 618 g/mol. The molecule has 1 fully saturated rings. The van der Waals surface area contributed by atoms with Gasteiger partial charge >= 0.3 is 12.1 Å². The van der Waals surface area contributed by atoms with E-state index < -0.39 is 41.5 Å². The minimum Gasteiger partial charge on any atom is -0.491 e. The summed E-state index contributed by atoms with van der Waals surface area (Å²) < 4.78 is 36.4. The number of hydrogen-bond acceptors (Lipinski definition) is 9. The highest BCUT2D eigenvalue weighted by atomic mass is 32.1. The van der Waals surface area contributed by atoms with Gasteiger partial charge in [0, 0.05) is 19.0 Å². The van der Waals surface area contributed by atoms with E-state index in [0.717, 1.165) is 11.3 Å². The van der Waals surface area contributed by atoms with Crippen molar-refractivity contribution in [3.63, 3.8) is 0 Å². The van der Waals surface area contributed by atoms with Gasteiger partial charge in [-0.1, -0.05) is 12.2 Å². The monoisotopic (exact) mass is 617 g/mol. The molecule has 43 heavy (non-hydrogen) atoms. The van der Waals surface area contributed by atoms with E-state index in [1.165, 1.54) is 19.2 Å². The number of benzene rings is 1. The molecule has 3 heterocycles. The predicted octanol–water partition coefficient (Wildman–Crippen LogP) is 3.68. The second-order valence-electron chi connectivity index (χ2n) is 11.2. The highest BCUT2D eigenvalue weighted by molar-refractivity contribution is 7.12. The van der Waals surface area contributed by atoms with Crippen molar-refractivity contribution in [3.05, 3.63) is 52.5 Å². The van der Waals surface area contributed by atoms with Crippen LogP contribution in [0, 0.1) is 5.82 Å². The van der Waals surface area contributed by atoms with Gasteiger partial charge < -0.3 is 34.5 Å². The van der Waals surface area contributed by atoms with Gasteiger partial charge in [0.15, 0.2) is 6.04 Å². The number of methoxy groups -OCH3 is 1. The molecule has 0 aliphatic carbocycles. The van der Waals surface area contributed by atoms with Crippen LogP contribution in [0.25, 0.3) is 11.1 Å². The van der Waals surface area contributed by atoms with Crippen LogP contribution in [0.1, 0.15) is 43.3 Å². The van der Waals surface area contributed by atoms with Crippen LogP contribution in [-0.4, -0.2) is 86.0 Å². The van der Waals surface area contributed by atoms with E-state index in [1.807, 2.05) is 0 Å². The Morgan fingerprint density at radius 1 is 1.12 bits per heavy atom. The lowest BCUT2D eigenvalue weighted by Gasteiger charge is -2.24. The predicted molar refractivity (Wildman–Crippen MR) is 156 cm³/mol. The van der Waals surface area contributed by atoms with Crippen LogP contribution in [-0.2, 0) is 23.8 Å². The van der Waals surface area contributed by atoms with Crippen LogP contribution in [0.3, 0.4) is 0 Å². The molecular formula is C30H36FN3O8S. The summed E-state index contributed by atoms with van der Waals surface area (Å²) >= 11 is 1.14. The first-order valence-corrected chi connectivity index (χ1v) is 14.7. The van der Waals surface area contributed by atoms with E-state index >= 15 is 0 Å². The molecule has 1 aromatic heterocycles. The number of ether oxygens (including phenoxy) is 4. The fraction of sp³-hybridized carbons (Fsp3) is 0.467. The molecule has 3 atom stereocenters. The lowest BCUT2D eigenvalue weighted by Crippen LogP contribution is -2.44. The molecular weight excluding hydrogens is 581 g/mol. The number of halogens is 1. The molecule has 11 nitrogen and oxygen atoms in total. The third kappa shape index (κ3) is 9.01. The molecule has 2 aromatic rings. The first kappa shape index (κ1) is 32.0. The summed E-state index contributed by atoms with van der Waals surface area (Å²) in [5.74, 6) is -1.66. The molecule has 2 aliphatic rings. The van der Waals surface area contributed by atoms with Crippen LogP contribution < -0.4 is 15.4 Å².